The number of hydrogen-bond donors (Lipinski definition) is 1. The van der Waals surface area contributed by atoms with E-state index in [9.17, 15) is 8.78 Å². The number of rotatable bonds is 3. The van der Waals surface area contributed by atoms with Crippen LogP contribution in [-0.2, 0) is 5.54 Å². The molecule has 0 unspecified atom stereocenters. The molecular formula is C17H25F2N. The Labute approximate surface area is 120 Å². The zero-order valence-electron chi connectivity index (χ0n) is 12.7. The monoisotopic (exact) mass is 281 g/mol. The van der Waals surface area contributed by atoms with Crippen molar-refractivity contribution in [3.8, 4) is 0 Å². The lowest BCUT2D eigenvalue weighted by Crippen LogP contribution is -2.43. The molecule has 0 radical (unpaired) electrons. The summed E-state index contributed by atoms with van der Waals surface area (Å²) >= 11 is 0. The average molecular weight is 281 g/mol. The first-order valence-electron chi connectivity index (χ1n) is 7.52. The second-order valence-corrected chi connectivity index (χ2v) is 6.93. The van der Waals surface area contributed by atoms with Gasteiger partial charge in [0.25, 0.3) is 0 Å². The smallest absolute Gasteiger partial charge is 0.126 e. The van der Waals surface area contributed by atoms with Crippen LogP contribution in [0.15, 0.2) is 18.2 Å². The summed E-state index contributed by atoms with van der Waals surface area (Å²) < 4.78 is 26.8. The maximum atomic E-state index is 13.4. The van der Waals surface area contributed by atoms with Gasteiger partial charge in [0.2, 0.25) is 0 Å². The van der Waals surface area contributed by atoms with Gasteiger partial charge >= 0.3 is 0 Å². The van der Waals surface area contributed by atoms with Crippen LogP contribution in [0.4, 0.5) is 8.78 Å². The van der Waals surface area contributed by atoms with Crippen molar-refractivity contribution in [3.63, 3.8) is 0 Å². The molecule has 0 saturated heterocycles. The highest BCUT2D eigenvalue weighted by molar-refractivity contribution is 5.26. The molecule has 112 valence electrons. The van der Waals surface area contributed by atoms with E-state index in [0.717, 1.165) is 38.2 Å². The molecule has 0 spiro atoms. The molecule has 1 aromatic rings. The van der Waals surface area contributed by atoms with Crippen molar-refractivity contribution in [1.29, 1.82) is 0 Å². The number of benzene rings is 1. The minimum atomic E-state index is -0.580. The van der Waals surface area contributed by atoms with Crippen LogP contribution >= 0.6 is 0 Å². The summed E-state index contributed by atoms with van der Waals surface area (Å²) in [4.78, 5) is 0. The number of halogens is 2. The molecule has 0 aromatic heterocycles. The summed E-state index contributed by atoms with van der Waals surface area (Å²) in [6, 6.07) is 3.67. The molecule has 1 aliphatic carbocycles. The molecule has 0 aliphatic heterocycles. The highest BCUT2D eigenvalue weighted by atomic mass is 19.1. The van der Waals surface area contributed by atoms with Crippen LogP contribution in [0, 0.1) is 23.0 Å². The molecule has 1 nitrogen and oxygen atoms in total. The van der Waals surface area contributed by atoms with Gasteiger partial charge in [0.1, 0.15) is 11.6 Å². The normalized spacial score (nSPS) is 27.6. The Morgan fingerprint density at radius 3 is 2.10 bits per heavy atom. The van der Waals surface area contributed by atoms with Crippen LogP contribution in [0.25, 0.3) is 0 Å². The molecule has 20 heavy (non-hydrogen) atoms. The third kappa shape index (κ3) is 3.03. The summed E-state index contributed by atoms with van der Waals surface area (Å²) in [6.07, 6.45) is 4.78. The van der Waals surface area contributed by atoms with Crippen molar-refractivity contribution in [2.75, 3.05) is 0 Å². The first-order valence-corrected chi connectivity index (χ1v) is 7.52. The molecule has 0 atom stereocenters. The quantitative estimate of drug-likeness (QED) is 0.850. The summed E-state index contributed by atoms with van der Waals surface area (Å²) in [7, 11) is 0. The standard InChI is InChI=1S/C17H25F2N/c1-4-16(2,3)12-5-7-17(20,8-6-12)13-9-14(18)11-15(19)10-13/h9-12H,4-8,20H2,1-3H3. The van der Waals surface area contributed by atoms with Gasteiger partial charge in [-0.15, -0.1) is 0 Å². The Hall–Kier alpha value is -0.960. The van der Waals surface area contributed by atoms with Crippen molar-refractivity contribution >= 4 is 0 Å². The molecular weight excluding hydrogens is 256 g/mol. The SMILES string of the molecule is CCC(C)(C)C1CCC(N)(c2cc(F)cc(F)c2)CC1. The minimum Gasteiger partial charge on any atom is -0.321 e. The fourth-order valence-electron chi connectivity index (χ4n) is 3.33. The van der Waals surface area contributed by atoms with Crippen LogP contribution in [0.5, 0.6) is 0 Å². The third-order valence-electron chi connectivity index (χ3n) is 5.33. The Morgan fingerprint density at radius 2 is 1.65 bits per heavy atom. The van der Waals surface area contributed by atoms with E-state index >= 15 is 0 Å². The van der Waals surface area contributed by atoms with Gasteiger partial charge in [0, 0.05) is 11.6 Å². The van der Waals surface area contributed by atoms with Crippen LogP contribution < -0.4 is 5.73 Å². The molecule has 0 amide bonds. The highest BCUT2D eigenvalue weighted by Crippen LogP contribution is 2.45. The van der Waals surface area contributed by atoms with Crippen LogP contribution in [0.1, 0.15) is 58.4 Å². The average Bonchev–Trinajstić information content (AvgIpc) is 2.38. The Kier molecular flexibility index (Phi) is 4.19. The van der Waals surface area contributed by atoms with E-state index in [1.54, 1.807) is 0 Å². The summed E-state index contributed by atoms with van der Waals surface area (Å²) in [5, 5.41) is 0. The maximum absolute atomic E-state index is 13.4. The molecule has 1 aromatic carbocycles. The van der Waals surface area contributed by atoms with E-state index < -0.39 is 17.2 Å². The van der Waals surface area contributed by atoms with Crippen molar-refractivity contribution in [2.45, 2.75) is 58.4 Å². The highest BCUT2D eigenvalue weighted by Gasteiger charge is 2.38. The second-order valence-electron chi connectivity index (χ2n) is 6.93. The molecule has 2 N–H and O–H groups in total. The van der Waals surface area contributed by atoms with Gasteiger partial charge in [-0.05, 0) is 54.7 Å². The van der Waals surface area contributed by atoms with Crippen LogP contribution in [0.2, 0.25) is 0 Å². The zero-order chi connectivity index (χ0) is 15.0. The van der Waals surface area contributed by atoms with Crippen molar-refractivity contribution in [3.05, 3.63) is 35.4 Å². The third-order valence-corrected chi connectivity index (χ3v) is 5.33. The molecule has 0 bridgehead atoms. The minimum absolute atomic E-state index is 0.314. The van der Waals surface area contributed by atoms with E-state index in [2.05, 4.69) is 20.8 Å². The molecule has 1 saturated carbocycles. The van der Waals surface area contributed by atoms with E-state index in [0.29, 0.717) is 16.9 Å². The zero-order valence-corrected chi connectivity index (χ0v) is 12.7. The summed E-state index contributed by atoms with van der Waals surface area (Å²) in [5.41, 5.74) is 6.77. The Balaban J connectivity index is 2.15. The molecule has 2 rings (SSSR count). The molecule has 1 aliphatic rings. The van der Waals surface area contributed by atoms with Gasteiger partial charge in [-0.25, -0.2) is 8.78 Å². The van der Waals surface area contributed by atoms with Crippen LogP contribution in [-0.4, -0.2) is 0 Å². The van der Waals surface area contributed by atoms with E-state index in [1.165, 1.54) is 12.1 Å². The van der Waals surface area contributed by atoms with Gasteiger partial charge in [-0.3, -0.25) is 0 Å². The fraction of sp³-hybridized carbons (Fsp3) is 0.647. The van der Waals surface area contributed by atoms with Crippen molar-refractivity contribution in [1.82, 2.24) is 0 Å². The predicted octanol–water partition coefficient (Wildman–Crippen LogP) is 4.75. The fourth-order valence-corrected chi connectivity index (χ4v) is 3.33. The van der Waals surface area contributed by atoms with Crippen molar-refractivity contribution in [2.24, 2.45) is 17.1 Å². The van der Waals surface area contributed by atoms with E-state index in [1.807, 2.05) is 0 Å². The first kappa shape index (κ1) is 15.4. The van der Waals surface area contributed by atoms with Crippen LogP contribution in [0.3, 0.4) is 0 Å². The van der Waals surface area contributed by atoms with E-state index in [-0.39, 0.29) is 0 Å². The lowest BCUT2D eigenvalue weighted by Gasteiger charge is -2.43. The first-order chi connectivity index (χ1) is 9.27. The van der Waals surface area contributed by atoms with Gasteiger partial charge in [0.15, 0.2) is 0 Å². The Morgan fingerprint density at radius 1 is 1.15 bits per heavy atom. The van der Waals surface area contributed by atoms with Gasteiger partial charge in [0.05, 0.1) is 0 Å². The largest absolute Gasteiger partial charge is 0.321 e. The molecule has 0 heterocycles. The summed E-state index contributed by atoms with van der Waals surface area (Å²) in [5.74, 6) is -0.441. The van der Waals surface area contributed by atoms with E-state index in [4.69, 9.17) is 5.73 Å². The van der Waals surface area contributed by atoms with Gasteiger partial charge in [-0.2, -0.15) is 0 Å². The maximum Gasteiger partial charge on any atom is 0.126 e. The number of hydrogen-bond acceptors (Lipinski definition) is 1. The van der Waals surface area contributed by atoms with Gasteiger partial charge in [-0.1, -0.05) is 27.2 Å². The summed E-state index contributed by atoms with van der Waals surface area (Å²) in [6.45, 7) is 6.80. The number of nitrogens with two attached hydrogens (primary N) is 1. The Bertz CT molecular complexity index is 454. The topological polar surface area (TPSA) is 26.0 Å². The molecule has 3 heteroatoms. The van der Waals surface area contributed by atoms with Gasteiger partial charge < -0.3 is 5.73 Å². The predicted molar refractivity (Wildman–Crippen MR) is 78.3 cm³/mol. The second kappa shape index (κ2) is 5.44. The lowest BCUT2D eigenvalue weighted by molar-refractivity contribution is 0.115. The molecule has 1 fully saturated rings. The lowest BCUT2D eigenvalue weighted by atomic mass is 9.64. The van der Waals surface area contributed by atoms with Crippen molar-refractivity contribution < 1.29 is 8.78 Å².